The van der Waals surface area contributed by atoms with Crippen LogP contribution in [0.4, 0.5) is 0 Å². The van der Waals surface area contributed by atoms with Gasteiger partial charge in [-0.15, -0.1) is 11.6 Å². The van der Waals surface area contributed by atoms with E-state index in [-0.39, 0.29) is 11.7 Å². The van der Waals surface area contributed by atoms with Gasteiger partial charge in [-0.1, -0.05) is 13.8 Å². The summed E-state index contributed by atoms with van der Waals surface area (Å²) in [5, 5.41) is 0. The molecule has 0 amide bonds. The van der Waals surface area contributed by atoms with Gasteiger partial charge in [0.05, 0.1) is 5.88 Å². The van der Waals surface area contributed by atoms with Crippen LogP contribution in [0.5, 0.6) is 0 Å². The second kappa shape index (κ2) is 8.48. The highest BCUT2D eigenvalue weighted by Gasteiger charge is 2.17. The molecule has 0 unspecified atom stereocenters. The van der Waals surface area contributed by atoms with Crippen molar-refractivity contribution < 1.29 is 14.3 Å². The van der Waals surface area contributed by atoms with Crippen LogP contribution < -0.4 is 0 Å². The van der Waals surface area contributed by atoms with Gasteiger partial charge in [-0.2, -0.15) is 0 Å². The third-order valence-corrected chi connectivity index (χ3v) is 1.60. The average molecular weight is 209 g/mol. The van der Waals surface area contributed by atoms with Crippen LogP contribution in [0.25, 0.3) is 0 Å². The Morgan fingerprint density at radius 3 is 2.00 bits per heavy atom. The van der Waals surface area contributed by atoms with Crippen molar-refractivity contribution in [3.05, 3.63) is 0 Å². The zero-order chi connectivity index (χ0) is 10.1. The predicted molar refractivity (Wildman–Crippen MR) is 52.0 cm³/mol. The summed E-state index contributed by atoms with van der Waals surface area (Å²) in [6.07, 6.45) is 0.959. The Morgan fingerprint density at radius 2 is 1.69 bits per heavy atom. The van der Waals surface area contributed by atoms with Gasteiger partial charge >= 0.3 is 0 Å². The molecule has 0 aliphatic rings. The fraction of sp³-hybridized carbons (Fsp3) is 0.889. The number of carbonyl (C=O) groups is 1. The Bertz CT molecular complexity index is 131. The number of hydrogen-bond donors (Lipinski definition) is 0. The molecule has 0 aliphatic heterocycles. The number of ether oxygens (including phenoxy) is 2. The first kappa shape index (κ1) is 12.9. The van der Waals surface area contributed by atoms with Crippen molar-refractivity contribution in [3.63, 3.8) is 0 Å². The lowest BCUT2D eigenvalue weighted by Crippen LogP contribution is -2.29. The number of carbonyl (C=O) groups excluding carboxylic acids is 1. The molecule has 13 heavy (non-hydrogen) atoms. The average Bonchev–Trinajstić information content (AvgIpc) is 2.17. The van der Waals surface area contributed by atoms with Gasteiger partial charge in [-0.3, -0.25) is 4.79 Å². The Kier molecular flexibility index (Phi) is 8.40. The maximum absolute atomic E-state index is 11.1. The van der Waals surface area contributed by atoms with Gasteiger partial charge in [0.1, 0.15) is 0 Å². The lowest BCUT2D eigenvalue weighted by Gasteiger charge is -2.15. The highest BCUT2D eigenvalue weighted by molar-refractivity contribution is 6.28. The third-order valence-electron chi connectivity index (χ3n) is 1.34. The molecule has 0 atom stereocenters. The van der Waals surface area contributed by atoms with E-state index in [4.69, 9.17) is 21.1 Å². The van der Waals surface area contributed by atoms with Crippen LogP contribution in [0.2, 0.25) is 0 Å². The van der Waals surface area contributed by atoms with E-state index < -0.39 is 6.29 Å². The lowest BCUT2D eigenvalue weighted by atomic mass is 10.4. The molecule has 0 radical (unpaired) electrons. The second-order valence-electron chi connectivity index (χ2n) is 2.67. The van der Waals surface area contributed by atoms with Gasteiger partial charge in [-0.25, -0.2) is 0 Å². The number of hydrogen-bond acceptors (Lipinski definition) is 3. The summed E-state index contributed by atoms with van der Waals surface area (Å²) in [4.78, 5) is 11.1. The van der Waals surface area contributed by atoms with Crippen molar-refractivity contribution in [2.75, 3.05) is 19.1 Å². The van der Waals surface area contributed by atoms with Crippen molar-refractivity contribution >= 4 is 17.4 Å². The van der Waals surface area contributed by atoms with E-state index in [0.717, 1.165) is 12.8 Å². The van der Waals surface area contributed by atoms with E-state index in [1.54, 1.807) is 0 Å². The number of Topliss-reactive ketones (excluding diaryl/α,β-unsaturated/α-hetero) is 1. The molecule has 0 aromatic rings. The topological polar surface area (TPSA) is 35.5 Å². The standard InChI is InChI=1S/C9H17ClO3/c1-3-5-12-9(8(11)7-10)13-6-4-2/h9H,3-7H2,1-2H3. The van der Waals surface area contributed by atoms with Crippen molar-refractivity contribution in [1.82, 2.24) is 0 Å². The molecule has 4 heteroatoms. The van der Waals surface area contributed by atoms with Crippen LogP contribution in [-0.4, -0.2) is 31.2 Å². The Morgan fingerprint density at radius 1 is 1.23 bits per heavy atom. The van der Waals surface area contributed by atoms with Crippen molar-refractivity contribution in [1.29, 1.82) is 0 Å². The lowest BCUT2D eigenvalue weighted by molar-refractivity contribution is -0.167. The van der Waals surface area contributed by atoms with Crippen LogP contribution >= 0.6 is 11.6 Å². The van der Waals surface area contributed by atoms with Gasteiger partial charge in [0, 0.05) is 13.2 Å². The smallest absolute Gasteiger partial charge is 0.219 e. The first-order chi connectivity index (χ1) is 6.26. The van der Waals surface area contributed by atoms with Crippen molar-refractivity contribution in [3.8, 4) is 0 Å². The summed E-state index contributed by atoms with van der Waals surface area (Å²) in [5.74, 6) is -0.262. The van der Waals surface area contributed by atoms with E-state index in [0.29, 0.717) is 13.2 Å². The fourth-order valence-corrected chi connectivity index (χ4v) is 0.873. The normalized spacial score (nSPS) is 10.8. The maximum atomic E-state index is 11.1. The van der Waals surface area contributed by atoms with Crippen LogP contribution in [0.3, 0.4) is 0 Å². The first-order valence-electron chi connectivity index (χ1n) is 4.58. The van der Waals surface area contributed by atoms with Crippen LogP contribution in [-0.2, 0) is 14.3 Å². The van der Waals surface area contributed by atoms with Gasteiger partial charge in [0.2, 0.25) is 12.1 Å². The maximum Gasteiger partial charge on any atom is 0.219 e. The molecule has 0 aliphatic carbocycles. The van der Waals surface area contributed by atoms with Crippen molar-refractivity contribution in [2.24, 2.45) is 0 Å². The molecule has 0 fully saturated rings. The summed E-state index contributed by atoms with van der Waals surface area (Å²) in [6, 6.07) is 0. The minimum atomic E-state index is -0.766. The summed E-state index contributed by atoms with van der Waals surface area (Å²) in [5.41, 5.74) is 0. The molecule has 0 rings (SSSR count). The molecule has 3 nitrogen and oxygen atoms in total. The molecule has 0 aromatic carbocycles. The molecule has 0 saturated heterocycles. The van der Waals surface area contributed by atoms with Gasteiger partial charge < -0.3 is 9.47 Å². The number of ketones is 1. The summed E-state index contributed by atoms with van der Waals surface area (Å²) >= 11 is 5.40. The van der Waals surface area contributed by atoms with E-state index in [9.17, 15) is 4.79 Å². The van der Waals surface area contributed by atoms with Gasteiger partial charge in [0.25, 0.3) is 0 Å². The third kappa shape index (κ3) is 6.02. The Hall–Kier alpha value is -0.120. The molecular formula is C9H17ClO3. The van der Waals surface area contributed by atoms with Gasteiger partial charge in [0.15, 0.2) is 0 Å². The minimum Gasteiger partial charge on any atom is -0.346 e. The van der Waals surface area contributed by atoms with Crippen LogP contribution in [0.15, 0.2) is 0 Å². The fourth-order valence-electron chi connectivity index (χ4n) is 0.747. The Labute approximate surface area is 84.4 Å². The molecule has 0 aromatic heterocycles. The van der Waals surface area contributed by atoms with Crippen LogP contribution in [0.1, 0.15) is 26.7 Å². The highest BCUT2D eigenvalue weighted by atomic mass is 35.5. The number of halogens is 1. The van der Waals surface area contributed by atoms with Gasteiger partial charge in [-0.05, 0) is 12.8 Å². The Balaban J connectivity index is 3.79. The zero-order valence-electron chi connectivity index (χ0n) is 8.22. The molecule has 78 valence electrons. The monoisotopic (exact) mass is 208 g/mol. The number of rotatable bonds is 8. The summed E-state index contributed by atoms with van der Waals surface area (Å²) in [6.45, 7) is 5.00. The number of alkyl halides is 1. The molecule has 0 saturated carbocycles. The minimum absolute atomic E-state index is 0.0574. The molecule has 0 bridgehead atoms. The SMILES string of the molecule is CCCOC(OCCC)C(=O)CCl. The first-order valence-corrected chi connectivity index (χ1v) is 5.11. The molecule has 0 spiro atoms. The molecule has 0 N–H and O–H groups in total. The van der Waals surface area contributed by atoms with Crippen LogP contribution in [0, 0.1) is 0 Å². The second-order valence-corrected chi connectivity index (χ2v) is 2.94. The highest BCUT2D eigenvalue weighted by Crippen LogP contribution is 2.00. The van der Waals surface area contributed by atoms with E-state index >= 15 is 0 Å². The molecule has 0 heterocycles. The predicted octanol–water partition coefficient (Wildman–Crippen LogP) is 1.97. The quantitative estimate of drug-likeness (QED) is 0.452. The summed E-state index contributed by atoms with van der Waals surface area (Å²) < 4.78 is 10.4. The molecular weight excluding hydrogens is 192 g/mol. The van der Waals surface area contributed by atoms with Crippen molar-refractivity contribution in [2.45, 2.75) is 33.0 Å². The van der Waals surface area contributed by atoms with E-state index in [2.05, 4.69) is 0 Å². The van der Waals surface area contributed by atoms with E-state index in [1.807, 2.05) is 13.8 Å². The largest absolute Gasteiger partial charge is 0.346 e. The zero-order valence-corrected chi connectivity index (χ0v) is 8.97. The summed E-state index contributed by atoms with van der Waals surface area (Å²) in [7, 11) is 0. The van der Waals surface area contributed by atoms with E-state index in [1.165, 1.54) is 0 Å².